The van der Waals surface area contributed by atoms with Crippen molar-refractivity contribution in [2.45, 2.75) is 26.7 Å². The van der Waals surface area contributed by atoms with Crippen molar-refractivity contribution in [3.63, 3.8) is 0 Å². The molecular weight excluding hydrogens is 224 g/mol. The number of hydrogen-bond donors (Lipinski definition) is 3. The first-order valence-electron chi connectivity index (χ1n) is 6.99. The van der Waals surface area contributed by atoms with Crippen molar-refractivity contribution < 1.29 is 6.53 Å². The van der Waals surface area contributed by atoms with Crippen molar-refractivity contribution in [3.8, 4) is 0 Å². The Kier molecular flexibility index (Phi) is 6.30. The largest absolute Gasteiger partial charge is 0.400 e. The minimum absolute atomic E-state index is 0. The second-order valence-electron chi connectivity index (χ2n) is 4.56. The first-order chi connectivity index (χ1) is 8.88. The third-order valence-electron chi connectivity index (χ3n) is 3.73. The summed E-state index contributed by atoms with van der Waals surface area (Å²) in [5, 5.41) is 18.5. The zero-order chi connectivity index (χ0) is 13.5. The summed E-state index contributed by atoms with van der Waals surface area (Å²) >= 11 is 0. The fourth-order valence-electron chi connectivity index (χ4n) is 2.85. The fourth-order valence-corrected chi connectivity index (χ4v) is 2.85. The van der Waals surface area contributed by atoms with Crippen molar-refractivity contribution in [1.82, 2.24) is 5.32 Å². The van der Waals surface area contributed by atoms with Crippen LogP contribution in [0.2, 0.25) is 0 Å². The molecule has 2 atom stereocenters. The van der Waals surface area contributed by atoms with Gasteiger partial charge in [0.05, 0.1) is 0 Å². The third-order valence-corrected chi connectivity index (χ3v) is 3.73. The summed E-state index contributed by atoms with van der Waals surface area (Å²) in [5.41, 5.74) is 2.09. The van der Waals surface area contributed by atoms with Crippen LogP contribution in [0.1, 0.15) is 28.1 Å². The molecule has 2 fully saturated rings. The maximum atomic E-state index is 8.15. The summed E-state index contributed by atoms with van der Waals surface area (Å²) in [6.07, 6.45) is 8.82. The average molecular weight is 252 g/mol. The normalized spacial score (nSPS) is 31.1. The Labute approximate surface area is 112 Å². The van der Waals surface area contributed by atoms with E-state index >= 15 is 0 Å². The smallest absolute Gasteiger partial charge is 0.0420 e. The molecule has 3 rings (SSSR count). The molecule has 0 aromatic rings. The molecule has 0 bridgehead atoms. The van der Waals surface area contributed by atoms with Crippen LogP contribution in [0.4, 0.5) is 0 Å². The first-order valence-corrected chi connectivity index (χ1v) is 6.99. The van der Waals surface area contributed by atoms with E-state index in [9.17, 15) is 0 Å². The van der Waals surface area contributed by atoms with Gasteiger partial charge >= 0.3 is 0 Å². The van der Waals surface area contributed by atoms with Crippen LogP contribution in [0.5, 0.6) is 0 Å². The van der Waals surface area contributed by atoms with Crippen LogP contribution in [0.25, 0.3) is 0 Å². The van der Waals surface area contributed by atoms with Crippen LogP contribution < -0.4 is 5.32 Å². The standard InChI is InChI=1S/C12H16N2.C2H6.CH4O.H2/c13-12(8-4-2-1-3-5-8)11-9-6-14-7-10(9)11;2*1-2;/h2,4-5,9-11,13-14H,1,3,6-7H2;1-2H3;2H,1H3;1H. The summed E-state index contributed by atoms with van der Waals surface area (Å²) in [4.78, 5) is 0. The summed E-state index contributed by atoms with van der Waals surface area (Å²) in [5.74, 6) is 2.13. The Morgan fingerprint density at radius 1 is 1.28 bits per heavy atom. The molecule has 2 aliphatic carbocycles. The van der Waals surface area contributed by atoms with Gasteiger partial charge in [0, 0.05) is 20.2 Å². The number of hydrogen-bond acceptors (Lipinski definition) is 3. The van der Waals surface area contributed by atoms with Crippen LogP contribution in [-0.2, 0) is 0 Å². The molecule has 0 radical (unpaired) electrons. The monoisotopic (exact) mass is 252 g/mol. The van der Waals surface area contributed by atoms with Crippen LogP contribution >= 0.6 is 0 Å². The molecule has 3 nitrogen and oxygen atoms in total. The number of fused-ring (bicyclic) bond motifs is 1. The van der Waals surface area contributed by atoms with E-state index in [0.717, 1.165) is 50.6 Å². The van der Waals surface area contributed by atoms with Crippen molar-refractivity contribution in [2.75, 3.05) is 20.2 Å². The van der Waals surface area contributed by atoms with E-state index in [-0.39, 0.29) is 1.43 Å². The third kappa shape index (κ3) is 3.09. The highest BCUT2D eigenvalue weighted by Gasteiger charge is 2.55. The van der Waals surface area contributed by atoms with E-state index in [1.807, 2.05) is 13.8 Å². The predicted octanol–water partition coefficient (Wildman–Crippen LogP) is 2.63. The van der Waals surface area contributed by atoms with Gasteiger partial charge in [-0.1, -0.05) is 32.1 Å². The van der Waals surface area contributed by atoms with E-state index in [4.69, 9.17) is 10.5 Å². The lowest BCUT2D eigenvalue weighted by Gasteiger charge is -2.10. The molecule has 1 saturated carbocycles. The number of aliphatic hydroxyl groups excluding tert-OH is 1. The second kappa shape index (κ2) is 7.49. The van der Waals surface area contributed by atoms with Gasteiger partial charge in [0.25, 0.3) is 0 Å². The lowest BCUT2D eigenvalue weighted by molar-refractivity contribution is 0.399. The number of piperidine rings is 1. The van der Waals surface area contributed by atoms with Crippen molar-refractivity contribution in [3.05, 3.63) is 23.8 Å². The Morgan fingerprint density at radius 2 is 1.89 bits per heavy atom. The topological polar surface area (TPSA) is 56.1 Å². The average Bonchev–Trinajstić information content (AvgIpc) is 2.95. The maximum absolute atomic E-state index is 8.15. The highest BCUT2D eigenvalue weighted by atomic mass is 16.2. The molecule has 0 spiro atoms. The molecule has 1 heterocycles. The molecule has 2 unspecified atom stereocenters. The van der Waals surface area contributed by atoms with Crippen LogP contribution in [0.15, 0.2) is 23.8 Å². The van der Waals surface area contributed by atoms with Crippen molar-refractivity contribution in [2.24, 2.45) is 17.8 Å². The molecule has 3 heteroatoms. The van der Waals surface area contributed by atoms with E-state index < -0.39 is 0 Å². The molecule has 0 aromatic heterocycles. The van der Waals surface area contributed by atoms with Gasteiger partial charge in [0.15, 0.2) is 0 Å². The number of rotatable bonds is 2. The predicted molar refractivity (Wildman–Crippen MR) is 79.1 cm³/mol. The van der Waals surface area contributed by atoms with E-state index in [0.29, 0.717) is 5.92 Å². The molecular formula is C15H28N2O. The van der Waals surface area contributed by atoms with Crippen molar-refractivity contribution in [1.29, 1.82) is 5.41 Å². The lowest BCUT2D eigenvalue weighted by Crippen LogP contribution is -2.19. The first kappa shape index (κ1) is 15.1. The van der Waals surface area contributed by atoms with E-state index in [2.05, 4.69) is 23.5 Å². The Hall–Kier alpha value is -0.930. The zero-order valence-corrected chi connectivity index (χ0v) is 11.7. The van der Waals surface area contributed by atoms with Crippen LogP contribution in [0.3, 0.4) is 0 Å². The second-order valence-corrected chi connectivity index (χ2v) is 4.56. The number of aliphatic hydroxyl groups is 1. The Bertz CT molecular complexity index is 329. The van der Waals surface area contributed by atoms with Gasteiger partial charge in [0.2, 0.25) is 0 Å². The summed E-state index contributed by atoms with van der Waals surface area (Å²) in [6, 6.07) is 0. The van der Waals surface area contributed by atoms with Crippen LogP contribution in [0, 0.1) is 23.2 Å². The molecule has 3 aliphatic rings. The zero-order valence-electron chi connectivity index (χ0n) is 11.7. The van der Waals surface area contributed by atoms with Gasteiger partial charge in [-0.2, -0.15) is 0 Å². The molecule has 0 aromatic carbocycles. The SMILES string of the molecule is CC.CO.N=C(C1=CCCC=C1)C1C2CNCC21.[HH]. The fraction of sp³-hybridized carbons (Fsp3) is 0.667. The van der Waals surface area contributed by atoms with Gasteiger partial charge in [-0.15, -0.1) is 0 Å². The van der Waals surface area contributed by atoms with Gasteiger partial charge in [-0.05, 0) is 43.3 Å². The summed E-state index contributed by atoms with van der Waals surface area (Å²) in [6.45, 7) is 6.27. The van der Waals surface area contributed by atoms with Gasteiger partial charge in [-0.3, -0.25) is 0 Å². The minimum atomic E-state index is 0. The lowest BCUT2D eigenvalue weighted by atomic mass is 9.98. The van der Waals surface area contributed by atoms with Gasteiger partial charge in [0.1, 0.15) is 0 Å². The summed E-state index contributed by atoms with van der Waals surface area (Å²) in [7, 11) is 1.00. The molecule has 3 N–H and O–H groups in total. The van der Waals surface area contributed by atoms with Crippen LogP contribution in [-0.4, -0.2) is 31.0 Å². The van der Waals surface area contributed by atoms with E-state index in [1.165, 1.54) is 5.57 Å². The van der Waals surface area contributed by atoms with Gasteiger partial charge in [-0.25, -0.2) is 0 Å². The van der Waals surface area contributed by atoms with Crippen molar-refractivity contribution >= 4 is 5.71 Å². The molecule has 1 aliphatic heterocycles. The van der Waals surface area contributed by atoms with E-state index in [1.54, 1.807) is 0 Å². The Morgan fingerprint density at radius 3 is 2.39 bits per heavy atom. The summed E-state index contributed by atoms with van der Waals surface area (Å²) < 4.78 is 0. The highest BCUT2D eigenvalue weighted by molar-refractivity contribution is 6.04. The number of nitrogens with one attached hydrogen (secondary N) is 2. The highest BCUT2D eigenvalue weighted by Crippen LogP contribution is 2.50. The maximum Gasteiger partial charge on any atom is 0.0420 e. The number of allylic oxidation sites excluding steroid dienone is 4. The molecule has 1 saturated heterocycles. The minimum Gasteiger partial charge on any atom is -0.400 e. The molecule has 104 valence electrons. The Balaban J connectivity index is 0.000000597. The quantitative estimate of drug-likeness (QED) is 0.662. The van der Waals surface area contributed by atoms with Gasteiger partial charge < -0.3 is 15.8 Å². The molecule has 0 amide bonds. The molecule has 18 heavy (non-hydrogen) atoms.